The van der Waals surface area contributed by atoms with Crippen LogP contribution in [0.1, 0.15) is 39.5 Å². The fourth-order valence-electron chi connectivity index (χ4n) is 0.500. The van der Waals surface area contributed by atoms with E-state index in [1.807, 2.05) is 0 Å². The van der Waals surface area contributed by atoms with E-state index in [1.165, 1.54) is 25.7 Å². The Morgan fingerprint density at radius 2 is 1.10 bits per heavy atom. The maximum Gasteiger partial charge on any atom is 0.0487 e. The van der Waals surface area contributed by atoms with Gasteiger partial charge in [0.15, 0.2) is 0 Å². The molecule has 62 valence electrons. The maximum absolute atomic E-state index is 3.36. The van der Waals surface area contributed by atoms with E-state index in [0.717, 1.165) is 0 Å². The molecule has 0 bridgehead atoms. The SMILES string of the molecule is CCCCCC.CN=NC. The highest BCUT2D eigenvalue weighted by Crippen LogP contribution is 1.95. The molecule has 2 nitrogen and oxygen atoms in total. The molecule has 0 aromatic rings. The fourth-order valence-corrected chi connectivity index (χ4v) is 0.500. The average Bonchev–Trinajstić information content (AvgIpc) is 2.01. The Hall–Kier alpha value is -0.400. The van der Waals surface area contributed by atoms with Crippen molar-refractivity contribution in [2.75, 3.05) is 14.1 Å². The van der Waals surface area contributed by atoms with E-state index in [4.69, 9.17) is 0 Å². The topological polar surface area (TPSA) is 24.7 Å². The van der Waals surface area contributed by atoms with Crippen molar-refractivity contribution in [3.05, 3.63) is 0 Å². The van der Waals surface area contributed by atoms with Gasteiger partial charge in [0, 0.05) is 14.1 Å². The van der Waals surface area contributed by atoms with Crippen LogP contribution in [-0.4, -0.2) is 14.1 Å². The van der Waals surface area contributed by atoms with Crippen LogP contribution in [0.3, 0.4) is 0 Å². The molecular weight excluding hydrogens is 124 g/mol. The monoisotopic (exact) mass is 144 g/mol. The van der Waals surface area contributed by atoms with Gasteiger partial charge in [0.1, 0.15) is 0 Å². The van der Waals surface area contributed by atoms with Crippen LogP contribution < -0.4 is 0 Å². The number of nitrogens with zero attached hydrogens (tertiary/aromatic N) is 2. The van der Waals surface area contributed by atoms with Gasteiger partial charge in [-0.3, -0.25) is 0 Å². The second kappa shape index (κ2) is 15.8. The van der Waals surface area contributed by atoms with Crippen LogP contribution in [0.2, 0.25) is 0 Å². The van der Waals surface area contributed by atoms with Gasteiger partial charge in [0.25, 0.3) is 0 Å². The molecule has 0 N–H and O–H groups in total. The van der Waals surface area contributed by atoms with Crippen LogP contribution in [0.5, 0.6) is 0 Å². The van der Waals surface area contributed by atoms with Crippen LogP contribution in [0, 0.1) is 0 Å². The zero-order chi connectivity index (χ0) is 8.24. The zero-order valence-corrected chi connectivity index (χ0v) is 7.72. The largest absolute Gasteiger partial charge is 0.198 e. The highest BCUT2D eigenvalue weighted by Gasteiger charge is 1.75. The molecule has 0 aliphatic rings. The van der Waals surface area contributed by atoms with Gasteiger partial charge in [0.2, 0.25) is 0 Å². The minimum atomic E-state index is 1.36. The van der Waals surface area contributed by atoms with E-state index in [9.17, 15) is 0 Å². The summed E-state index contributed by atoms with van der Waals surface area (Å²) in [4.78, 5) is 0. The van der Waals surface area contributed by atoms with Gasteiger partial charge in [-0.05, 0) is 0 Å². The van der Waals surface area contributed by atoms with E-state index >= 15 is 0 Å². The number of unbranched alkanes of at least 4 members (excludes halogenated alkanes) is 3. The smallest absolute Gasteiger partial charge is 0.0487 e. The summed E-state index contributed by atoms with van der Waals surface area (Å²) in [5.74, 6) is 0. The predicted molar refractivity (Wildman–Crippen MR) is 46.5 cm³/mol. The lowest BCUT2D eigenvalue weighted by Crippen LogP contribution is -1.66. The average molecular weight is 144 g/mol. The summed E-state index contributed by atoms with van der Waals surface area (Å²) in [5, 5.41) is 6.72. The summed E-state index contributed by atoms with van der Waals surface area (Å²) >= 11 is 0. The van der Waals surface area contributed by atoms with Crippen molar-refractivity contribution in [3.8, 4) is 0 Å². The Morgan fingerprint density at radius 3 is 1.20 bits per heavy atom. The molecular formula is C8H20N2. The first-order chi connectivity index (χ1) is 4.83. The summed E-state index contributed by atoms with van der Waals surface area (Å²) in [6.07, 6.45) is 5.54. The van der Waals surface area contributed by atoms with Crippen molar-refractivity contribution >= 4 is 0 Å². The van der Waals surface area contributed by atoms with E-state index in [2.05, 4.69) is 24.1 Å². The Morgan fingerprint density at radius 1 is 0.800 bits per heavy atom. The molecule has 0 atom stereocenters. The molecule has 0 saturated heterocycles. The minimum Gasteiger partial charge on any atom is -0.198 e. The van der Waals surface area contributed by atoms with Crippen molar-refractivity contribution in [2.24, 2.45) is 10.2 Å². The van der Waals surface area contributed by atoms with Crippen molar-refractivity contribution in [3.63, 3.8) is 0 Å². The molecule has 0 aromatic carbocycles. The summed E-state index contributed by atoms with van der Waals surface area (Å²) in [6.45, 7) is 4.46. The number of hydrogen-bond acceptors (Lipinski definition) is 2. The molecule has 2 heteroatoms. The van der Waals surface area contributed by atoms with E-state index in [1.54, 1.807) is 14.1 Å². The van der Waals surface area contributed by atoms with Gasteiger partial charge in [-0.2, -0.15) is 10.2 Å². The Labute approximate surface area is 64.7 Å². The summed E-state index contributed by atoms with van der Waals surface area (Å²) in [6, 6.07) is 0. The molecule has 0 amide bonds. The van der Waals surface area contributed by atoms with Gasteiger partial charge in [-0.25, -0.2) is 0 Å². The van der Waals surface area contributed by atoms with E-state index in [0.29, 0.717) is 0 Å². The molecule has 0 rings (SSSR count). The standard InChI is InChI=1S/C6H14.C2H6N2/c1-3-5-6-4-2;1-3-4-2/h3-6H2,1-2H3;1-2H3. The predicted octanol–water partition coefficient (Wildman–Crippen LogP) is 3.28. The van der Waals surface area contributed by atoms with Crippen LogP contribution >= 0.6 is 0 Å². The third-order valence-electron chi connectivity index (χ3n) is 1.16. The first-order valence-corrected chi connectivity index (χ1v) is 4.01. The molecule has 10 heavy (non-hydrogen) atoms. The first-order valence-electron chi connectivity index (χ1n) is 4.01. The van der Waals surface area contributed by atoms with Crippen LogP contribution in [-0.2, 0) is 0 Å². The van der Waals surface area contributed by atoms with Gasteiger partial charge in [0.05, 0.1) is 0 Å². The highest BCUT2D eigenvalue weighted by atomic mass is 15.0. The molecule has 0 saturated carbocycles. The van der Waals surface area contributed by atoms with Crippen LogP contribution in [0.15, 0.2) is 10.2 Å². The van der Waals surface area contributed by atoms with E-state index < -0.39 is 0 Å². The third kappa shape index (κ3) is 25.5. The number of rotatable bonds is 3. The van der Waals surface area contributed by atoms with Crippen molar-refractivity contribution in [1.29, 1.82) is 0 Å². The lowest BCUT2D eigenvalue weighted by Gasteiger charge is -1.86. The Bertz CT molecular complexity index is 52.3. The third-order valence-corrected chi connectivity index (χ3v) is 1.16. The van der Waals surface area contributed by atoms with E-state index in [-0.39, 0.29) is 0 Å². The minimum absolute atomic E-state index is 1.36. The quantitative estimate of drug-likeness (QED) is 0.429. The second-order valence-corrected chi connectivity index (χ2v) is 2.11. The van der Waals surface area contributed by atoms with Crippen LogP contribution in [0.25, 0.3) is 0 Å². The number of hydrogen-bond donors (Lipinski definition) is 0. The summed E-state index contributed by atoms with van der Waals surface area (Å²) in [7, 11) is 3.28. The molecule has 0 spiro atoms. The highest BCUT2D eigenvalue weighted by molar-refractivity contribution is 4.31. The normalized spacial score (nSPS) is 9.20. The van der Waals surface area contributed by atoms with Gasteiger partial charge in [-0.15, -0.1) is 0 Å². The molecule has 0 unspecified atom stereocenters. The Balaban J connectivity index is 0. The zero-order valence-electron chi connectivity index (χ0n) is 7.72. The summed E-state index contributed by atoms with van der Waals surface area (Å²) in [5.41, 5.74) is 0. The Kier molecular flexibility index (Phi) is 19.5. The number of azo groups is 1. The molecule has 0 aliphatic carbocycles. The summed E-state index contributed by atoms with van der Waals surface area (Å²) < 4.78 is 0. The maximum atomic E-state index is 3.36. The second-order valence-electron chi connectivity index (χ2n) is 2.11. The van der Waals surface area contributed by atoms with Crippen LogP contribution in [0.4, 0.5) is 0 Å². The van der Waals surface area contributed by atoms with Crippen molar-refractivity contribution < 1.29 is 0 Å². The van der Waals surface area contributed by atoms with Crippen molar-refractivity contribution in [2.45, 2.75) is 39.5 Å². The van der Waals surface area contributed by atoms with Gasteiger partial charge < -0.3 is 0 Å². The van der Waals surface area contributed by atoms with Gasteiger partial charge in [-0.1, -0.05) is 39.5 Å². The fraction of sp³-hybridized carbons (Fsp3) is 1.00. The van der Waals surface area contributed by atoms with Gasteiger partial charge >= 0.3 is 0 Å². The lowest BCUT2D eigenvalue weighted by atomic mass is 10.2. The van der Waals surface area contributed by atoms with Crippen molar-refractivity contribution in [1.82, 2.24) is 0 Å². The first kappa shape index (κ1) is 12.3. The molecule has 0 heterocycles. The molecule has 0 aliphatic heterocycles. The molecule has 0 radical (unpaired) electrons. The molecule has 0 fully saturated rings. The molecule has 0 aromatic heterocycles. The lowest BCUT2D eigenvalue weighted by molar-refractivity contribution is 0.702.